The molecule has 0 bridgehead atoms. The minimum Gasteiger partial charge on any atom is -0.408 e. The van der Waals surface area contributed by atoms with Gasteiger partial charge < -0.3 is 15.3 Å². The quantitative estimate of drug-likeness (QED) is 0.670. The van der Waals surface area contributed by atoms with Crippen LogP contribution < -0.4 is 11.5 Å². The van der Waals surface area contributed by atoms with Gasteiger partial charge in [0.25, 0.3) is 0 Å². The zero-order valence-corrected chi connectivity index (χ0v) is 8.23. The average Bonchev–Trinajstić information content (AvgIpc) is 2.55. The minimum atomic E-state index is -0.755. The number of nitrogens with one attached hydrogen (secondary N) is 1. The normalized spacial score (nSPS) is 15.4. The van der Waals surface area contributed by atoms with E-state index in [9.17, 15) is 9.90 Å². The fourth-order valence-electron chi connectivity index (χ4n) is 1.45. The first-order valence-corrected chi connectivity index (χ1v) is 4.64. The molecular weight excluding hydrogens is 196 g/mol. The highest BCUT2D eigenvalue weighted by Gasteiger charge is 2.13. The van der Waals surface area contributed by atoms with Gasteiger partial charge in [0.05, 0.1) is 11.6 Å². The zero-order valence-electron chi connectivity index (χ0n) is 8.23. The van der Waals surface area contributed by atoms with Crippen molar-refractivity contribution < 1.29 is 9.52 Å². The van der Waals surface area contributed by atoms with Crippen LogP contribution in [0, 0.1) is 0 Å². The molecule has 5 heteroatoms. The Labute approximate surface area is 85.5 Å². The summed E-state index contributed by atoms with van der Waals surface area (Å²) in [5.41, 5.74) is 7.25. The van der Waals surface area contributed by atoms with Crippen LogP contribution in [0.4, 0.5) is 0 Å². The third-order valence-corrected chi connectivity index (χ3v) is 2.28. The Morgan fingerprint density at radius 2 is 2.27 bits per heavy atom. The van der Waals surface area contributed by atoms with E-state index in [1.807, 2.05) is 0 Å². The summed E-state index contributed by atoms with van der Waals surface area (Å²) in [6, 6.07) is 4.64. The van der Waals surface area contributed by atoms with Crippen LogP contribution in [-0.4, -0.2) is 16.1 Å². The number of aromatic nitrogens is 1. The lowest BCUT2D eigenvalue weighted by molar-refractivity contribution is 0.153. The number of hydrogen-bond acceptors (Lipinski definition) is 4. The highest BCUT2D eigenvalue weighted by molar-refractivity contribution is 5.72. The molecule has 0 aliphatic carbocycles. The Kier molecular flexibility index (Phi) is 2.34. The smallest absolute Gasteiger partial charge is 0.408 e. The van der Waals surface area contributed by atoms with E-state index in [0.717, 1.165) is 0 Å². The van der Waals surface area contributed by atoms with Gasteiger partial charge in [-0.05, 0) is 24.6 Å². The number of benzene rings is 1. The number of aliphatic hydroxyl groups excluding tert-OH is 1. The van der Waals surface area contributed by atoms with Crippen LogP contribution in [0.1, 0.15) is 18.6 Å². The largest absolute Gasteiger partial charge is 0.417 e. The third-order valence-electron chi connectivity index (χ3n) is 2.28. The number of hydrogen-bond donors (Lipinski definition) is 3. The predicted octanol–water partition coefficient (Wildman–Crippen LogP) is 0.502. The topological polar surface area (TPSA) is 92.2 Å². The maximum atomic E-state index is 10.9. The minimum absolute atomic E-state index is 0.367. The molecule has 2 unspecified atom stereocenters. The monoisotopic (exact) mass is 208 g/mol. The van der Waals surface area contributed by atoms with Crippen molar-refractivity contribution >= 4 is 11.1 Å². The fourth-order valence-corrected chi connectivity index (χ4v) is 1.45. The van der Waals surface area contributed by atoms with E-state index < -0.39 is 11.9 Å². The average molecular weight is 208 g/mol. The molecule has 15 heavy (non-hydrogen) atoms. The number of fused-ring (bicyclic) bond motifs is 1. The summed E-state index contributed by atoms with van der Waals surface area (Å²) in [6.45, 7) is 1.71. The fraction of sp³-hybridized carbons (Fsp3) is 0.300. The van der Waals surface area contributed by atoms with Crippen molar-refractivity contribution in [1.82, 2.24) is 4.98 Å². The summed E-state index contributed by atoms with van der Waals surface area (Å²) in [6.07, 6.45) is -0.755. The standard InChI is InChI=1S/C10H12N2O3/c1-5(11)9(13)6-2-3-7-8(4-6)15-10(14)12-7/h2-5,9,13H,11H2,1H3,(H,12,14). The van der Waals surface area contributed by atoms with Crippen LogP contribution in [-0.2, 0) is 0 Å². The van der Waals surface area contributed by atoms with Gasteiger partial charge in [-0.25, -0.2) is 4.79 Å². The first kappa shape index (κ1) is 9.95. The van der Waals surface area contributed by atoms with Gasteiger partial charge in [-0.2, -0.15) is 0 Å². The first-order valence-electron chi connectivity index (χ1n) is 4.64. The van der Waals surface area contributed by atoms with E-state index >= 15 is 0 Å². The summed E-state index contributed by atoms with van der Waals surface area (Å²) in [4.78, 5) is 13.4. The molecule has 2 atom stereocenters. The third kappa shape index (κ3) is 1.79. The predicted molar refractivity (Wildman–Crippen MR) is 55.4 cm³/mol. The number of nitrogens with two attached hydrogens (primary N) is 1. The van der Waals surface area contributed by atoms with Gasteiger partial charge in [-0.3, -0.25) is 4.98 Å². The molecular formula is C10H12N2O3. The molecule has 0 amide bonds. The van der Waals surface area contributed by atoms with Gasteiger partial charge in [-0.15, -0.1) is 0 Å². The lowest BCUT2D eigenvalue weighted by atomic mass is 10.0. The van der Waals surface area contributed by atoms with Crippen molar-refractivity contribution in [2.45, 2.75) is 19.1 Å². The molecule has 5 nitrogen and oxygen atoms in total. The Morgan fingerprint density at radius 3 is 2.93 bits per heavy atom. The molecule has 1 aromatic carbocycles. The Balaban J connectivity index is 2.50. The molecule has 2 aromatic rings. The molecule has 0 saturated carbocycles. The van der Waals surface area contributed by atoms with Gasteiger partial charge in [-0.1, -0.05) is 6.07 Å². The van der Waals surface area contributed by atoms with E-state index in [1.54, 1.807) is 25.1 Å². The highest BCUT2D eigenvalue weighted by Crippen LogP contribution is 2.19. The molecule has 0 saturated heterocycles. The molecule has 0 fully saturated rings. The van der Waals surface area contributed by atoms with E-state index in [0.29, 0.717) is 16.7 Å². The summed E-state index contributed by atoms with van der Waals surface area (Å²) in [5.74, 6) is -0.502. The number of rotatable bonds is 2. The second-order valence-electron chi connectivity index (χ2n) is 3.57. The van der Waals surface area contributed by atoms with Crippen LogP contribution in [0.15, 0.2) is 27.4 Å². The van der Waals surface area contributed by atoms with Gasteiger partial charge in [0.2, 0.25) is 0 Å². The van der Waals surface area contributed by atoms with Crippen molar-refractivity contribution in [1.29, 1.82) is 0 Å². The van der Waals surface area contributed by atoms with E-state index in [-0.39, 0.29) is 6.04 Å². The van der Waals surface area contributed by atoms with Crippen LogP contribution in [0.5, 0.6) is 0 Å². The lowest BCUT2D eigenvalue weighted by Gasteiger charge is -2.14. The molecule has 2 rings (SSSR count). The van der Waals surface area contributed by atoms with Gasteiger partial charge in [0.1, 0.15) is 0 Å². The van der Waals surface area contributed by atoms with Crippen molar-refractivity contribution in [3.05, 3.63) is 34.3 Å². The molecule has 0 aliphatic heterocycles. The van der Waals surface area contributed by atoms with Crippen LogP contribution in [0.2, 0.25) is 0 Å². The molecule has 0 aliphatic rings. The molecule has 1 heterocycles. The SMILES string of the molecule is CC(N)C(O)c1ccc2[nH]c(=O)oc2c1. The van der Waals surface area contributed by atoms with E-state index in [4.69, 9.17) is 10.2 Å². The Bertz CT molecular complexity index is 527. The van der Waals surface area contributed by atoms with E-state index in [2.05, 4.69) is 4.98 Å². The maximum Gasteiger partial charge on any atom is 0.417 e. The summed E-state index contributed by atoms with van der Waals surface area (Å²) >= 11 is 0. The highest BCUT2D eigenvalue weighted by atomic mass is 16.4. The number of oxazole rings is 1. The maximum absolute atomic E-state index is 10.9. The number of aromatic amines is 1. The van der Waals surface area contributed by atoms with Crippen LogP contribution in [0.25, 0.3) is 11.1 Å². The van der Waals surface area contributed by atoms with Crippen LogP contribution >= 0.6 is 0 Å². The molecule has 1 aromatic heterocycles. The number of H-pyrrole nitrogens is 1. The summed E-state index contributed by atoms with van der Waals surface area (Å²) in [5, 5.41) is 9.71. The van der Waals surface area contributed by atoms with Crippen molar-refractivity contribution in [2.75, 3.05) is 0 Å². The van der Waals surface area contributed by atoms with Crippen molar-refractivity contribution in [3.8, 4) is 0 Å². The second kappa shape index (κ2) is 3.52. The van der Waals surface area contributed by atoms with Crippen molar-refractivity contribution in [3.63, 3.8) is 0 Å². The zero-order chi connectivity index (χ0) is 11.0. The first-order chi connectivity index (χ1) is 7.08. The number of aliphatic hydroxyl groups is 1. The summed E-state index contributed by atoms with van der Waals surface area (Å²) in [7, 11) is 0. The lowest BCUT2D eigenvalue weighted by Crippen LogP contribution is -2.24. The van der Waals surface area contributed by atoms with Crippen LogP contribution in [0.3, 0.4) is 0 Å². The van der Waals surface area contributed by atoms with E-state index in [1.165, 1.54) is 0 Å². The Hall–Kier alpha value is -1.59. The van der Waals surface area contributed by atoms with Gasteiger partial charge in [0, 0.05) is 6.04 Å². The molecule has 0 spiro atoms. The summed E-state index contributed by atoms with van der Waals surface area (Å²) < 4.78 is 4.88. The second-order valence-corrected chi connectivity index (χ2v) is 3.57. The Morgan fingerprint density at radius 1 is 1.53 bits per heavy atom. The molecule has 4 N–H and O–H groups in total. The van der Waals surface area contributed by atoms with Crippen molar-refractivity contribution in [2.24, 2.45) is 5.73 Å². The van der Waals surface area contributed by atoms with Gasteiger partial charge >= 0.3 is 5.76 Å². The van der Waals surface area contributed by atoms with Gasteiger partial charge in [0.15, 0.2) is 5.58 Å². The molecule has 0 radical (unpaired) electrons. The molecule has 80 valence electrons.